The van der Waals surface area contributed by atoms with Crippen molar-refractivity contribution in [2.24, 2.45) is 0 Å². The van der Waals surface area contributed by atoms with Crippen LogP contribution in [0.15, 0.2) is 22.7 Å². The molecule has 0 unspecified atom stereocenters. The van der Waals surface area contributed by atoms with Crippen molar-refractivity contribution in [3.05, 3.63) is 28.2 Å². The molecule has 0 radical (unpaired) electrons. The van der Waals surface area contributed by atoms with Gasteiger partial charge < -0.3 is 15.4 Å². The summed E-state index contributed by atoms with van der Waals surface area (Å²) in [4.78, 5) is 11.5. The van der Waals surface area contributed by atoms with Crippen LogP contribution in [0, 0.1) is 0 Å². The average molecular weight is 352 g/mol. The fourth-order valence-corrected chi connectivity index (χ4v) is 2.12. The second kappa shape index (κ2) is 10.1. The van der Waals surface area contributed by atoms with Crippen LogP contribution in [0.1, 0.15) is 18.4 Å². The first-order valence-corrected chi connectivity index (χ1v) is 6.70. The molecule has 1 rings (SSSR count). The number of rotatable bonds is 7. The van der Waals surface area contributed by atoms with Gasteiger partial charge in [-0.2, -0.15) is 0 Å². The molecule has 6 heteroatoms. The molecule has 0 saturated heterocycles. The number of methoxy groups -OCH3 is 1. The van der Waals surface area contributed by atoms with Gasteiger partial charge in [-0.25, -0.2) is 0 Å². The van der Waals surface area contributed by atoms with Gasteiger partial charge in [0.05, 0.1) is 11.6 Å². The summed E-state index contributed by atoms with van der Waals surface area (Å²) in [5, 5.41) is 5.91. The highest BCUT2D eigenvalue weighted by molar-refractivity contribution is 9.10. The summed E-state index contributed by atoms with van der Waals surface area (Å²) in [6.07, 6.45) is 1.41. The largest absolute Gasteiger partial charge is 0.496 e. The summed E-state index contributed by atoms with van der Waals surface area (Å²) in [6.45, 7) is 1.41. The Kier molecular flexibility index (Phi) is 9.65. The SMILES string of the molecule is CNCCCC(=O)NCc1ccc(OC)c(Br)c1.Cl. The molecule has 0 aromatic heterocycles. The standard InChI is InChI=1S/C13H19BrN2O2.ClH/c1-15-7-3-4-13(17)16-9-10-5-6-12(18-2)11(14)8-10;/h5-6,8,15H,3-4,7,9H2,1-2H3,(H,16,17);1H. The molecule has 0 atom stereocenters. The Balaban J connectivity index is 0.00000324. The Morgan fingerprint density at radius 1 is 1.42 bits per heavy atom. The van der Waals surface area contributed by atoms with Gasteiger partial charge in [-0.3, -0.25) is 4.79 Å². The molecule has 1 aromatic carbocycles. The minimum Gasteiger partial charge on any atom is -0.496 e. The summed E-state index contributed by atoms with van der Waals surface area (Å²) in [5.41, 5.74) is 1.05. The van der Waals surface area contributed by atoms with Gasteiger partial charge in [0, 0.05) is 13.0 Å². The highest BCUT2D eigenvalue weighted by Gasteiger charge is 2.03. The fraction of sp³-hybridized carbons (Fsp3) is 0.462. The number of nitrogens with one attached hydrogen (secondary N) is 2. The van der Waals surface area contributed by atoms with Gasteiger partial charge in [-0.05, 0) is 53.6 Å². The van der Waals surface area contributed by atoms with Crippen molar-refractivity contribution in [3.8, 4) is 5.75 Å². The minimum atomic E-state index is 0. The van der Waals surface area contributed by atoms with Crippen LogP contribution in [-0.4, -0.2) is 26.6 Å². The molecule has 4 nitrogen and oxygen atoms in total. The maximum atomic E-state index is 11.5. The number of hydrogen-bond donors (Lipinski definition) is 2. The number of halogens is 2. The Morgan fingerprint density at radius 2 is 2.16 bits per heavy atom. The smallest absolute Gasteiger partial charge is 0.220 e. The molecule has 108 valence electrons. The van der Waals surface area contributed by atoms with E-state index in [0.717, 1.165) is 28.8 Å². The molecule has 0 aliphatic carbocycles. The fourth-order valence-electron chi connectivity index (χ4n) is 1.53. The van der Waals surface area contributed by atoms with E-state index in [1.54, 1.807) is 7.11 Å². The average Bonchev–Trinajstić information content (AvgIpc) is 2.37. The molecule has 2 N–H and O–H groups in total. The van der Waals surface area contributed by atoms with E-state index >= 15 is 0 Å². The molecule has 0 bridgehead atoms. The summed E-state index contributed by atoms with van der Waals surface area (Å²) in [6, 6.07) is 5.77. The van der Waals surface area contributed by atoms with Gasteiger partial charge in [0.2, 0.25) is 5.91 Å². The number of hydrogen-bond acceptors (Lipinski definition) is 3. The van der Waals surface area contributed by atoms with Crippen LogP contribution < -0.4 is 15.4 Å². The normalized spacial score (nSPS) is 9.63. The van der Waals surface area contributed by atoms with E-state index in [-0.39, 0.29) is 18.3 Å². The molecule has 0 aliphatic rings. The lowest BCUT2D eigenvalue weighted by atomic mass is 10.2. The van der Waals surface area contributed by atoms with E-state index in [1.807, 2.05) is 25.2 Å². The van der Waals surface area contributed by atoms with E-state index in [2.05, 4.69) is 26.6 Å². The van der Waals surface area contributed by atoms with Gasteiger partial charge >= 0.3 is 0 Å². The predicted molar refractivity (Wildman–Crippen MR) is 82.9 cm³/mol. The van der Waals surface area contributed by atoms with Gasteiger partial charge in [0.15, 0.2) is 0 Å². The molecule has 0 saturated carbocycles. The van der Waals surface area contributed by atoms with Crippen LogP contribution in [0.2, 0.25) is 0 Å². The maximum absolute atomic E-state index is 11.5. The zero-order chi connectivity index (χ0) is 13.4. The van der Waals surface area contributed by atoms with Crippen LogP contribution in [0.4, 0.5) is 0 Å². The molecular formula is C13H20BrClN2O2. The first-order chi connectivity index (χ1) is 8.67. The van der Waals surface area contributed by atoms with Crippen molar-refractivity contribution in [1.82, 2.24) is 10.6 Å². The van der Waals surface area contributed by atoms with Gasteiger partial charge in [0.25, 0.3) is 0 Å². The topological polar surface area (TPSA) is 50.4 Å². The highest BCUT2D eigenvalue weighted by atomic mass is 79.9. The van der Waals surface area contributed by atoms with Crippen molar-refractivity contribution in [2.75, 3.05) is 20.7 Å². The molecule has 1 aromatic rings. The van der Waals surface area contributed by atoms with Gasteiger partial charge in [0.1, 0.15) is 5.75 Å². The number of benzene rings is 1. The lowest BCUT2D eigenvalue weighted by Gasteiger charge is -2.08. The zero-order valence-corrected chi connectivity index (χ0v) is 13.6. The summed E-state index contributed by atoms with van der Waals surface area (Å²) in [7, 11) is 3.51. The third-order valence-electron chi connectivity index (χ3n) is 2.54. The van der Waals surface area contributed by atoms with E-state index in [1.165, 1.54) is 0 Å². The molecule has 1 amide bonds. The van der Waals surface area contributed by atoms with E-state index in [9.17, 15) is 4.79 Å². The van der Waals surface area contributed by atoms with Crippen molar-refractivity contribution in [2.45, 2.75) is 19.4 Å². The summed E-state index contributed by atoms with van der Waals surface area (Å²) < 4.78 is 6.05. The van der Waals surface area contributed by atoms with E-state index in [0.29, 0.717) is 13.0 Å². The van der Waals surface area contributed by atoms with Gasteiger partial charge in [-0.1, -0.05) is 6.07 Å². The lowest BCUT2D eigenvalue weighted by molar-refractivity contribution is -0.121. The molecule has 0 aliphatic heterocycles. The monoisotopic (exact) mass is 350 g/mol. The Hall–Kier alpha value is -0.780. The molecule has 0 fully saturated rings. The zero-order valence-electron chi connectivity index (χ0n) is 11.2. The van der Waals surface area contributed by atoms with Crippen LogP contribution in [0.5, 0.6) is 5.75 Å². The molecular weight excluding hydrogens is 332 g/mol. The number of carbonyl (C=O) groups excluding carboxylic acids is 1. The van der Waals surface area contributed by atoms with Gasteiger partial charge in [-0.15, -0.1) is 12.4 Å². The van der Waals surface area contributed by atoms with Crippen LogP contribution in [0.3, 0.4) is 0 Å². The Labute approximate surface area is 128 Å². The number of ether oxygens (including phenoxy) is 1. The van der Waals surface area contributed by atoms with Crippen LogP contribution in [-0.2, 0) is 11.3 Å². The van der Waals surface area contributed by atoms with E-state index in [4.69, 9.17) is 4.74 Å². The van der Waals surface area contributed by atoms with Crippen LogP contribution >= 0.6 is 28.3 Å². The maximum Gasteiger partial charge on any atom is 0.220 e. The second-order valence-electron chi connectivity index (χ2n) is 3.95. The predicted octanol–water partition coefficient (Wildman–Crippen LogP) is 2.50. The van der Waals surface area contributed by atoms with Crippen LogP contribution in [0.25, 0.3) is 0 Å². The summed E-state index contributed by atoms with van der Waals surface area (Å²) in [5.74, 6) is 0.872. The third kappa shape index (κ3) is 6.80. The molecule has 0 heterocycles. The first kappa shape index (κ1) is 18.2. The number of carbonyl (C=O) groups is 1. The van der Waals surface area contributed by atoms with E-state index < -0.39 is 0 Å². The molecule has 19 heavy (non-hydrogen) atoms. The number of amides is 1. The lowest BCUT2D eigenvalue weighted by Crippen LogP contribution is -2.23. The third-order valence-corrected chi connectivity index (χ3v) is 3.16. The summed E-state index contributed by atoms with van der Waals surface area (Å²) >= 11 is 3.42. The first-order valence-electron chi connectivity index (χ1n) is 5.91. The van der Waals surface area contributed by atoms with Crippen molar-refractivity contribution < 1.29 is 9.53 Å². The quantitative estimate of drug-likeness (QED) is 0.742. The Morgan fingerprint density at radius 3 is 2.74 bits per heavy atom. The second-order valence-corrected chi connectivity index (χ2v) is 4.81. The highest BCUT2D eigenvalue weighted by Crippen LogP contribution is 2.25. The minimum absolute atomic E-state index is 0. The molecule has 0 spiro atoms. The van der Waals surface area contributed by atoms with Crippen molar-refractivity contribution in [1.29, 1.82) is 0 Å². The van der Waals surface area contributed by atoms with Crippen molar-refractivity contribution in [3.63, 3.8) is 0 Å². The Bertz CT molecular complexity index is 402. The van der Waals surface area contributed by atoms with Crippen molar-refractivity contribution >= 4 is 34.2 Å².